The highest BCUT2D eigenvalue weighted by molar-refractivity contribution is 7.47. The van der Waals surface area contributed by atoms with Gasteiger partial charge >= 0.3 is 39.5 Å². The molecule has 0 radical (unpaired) electrons. The Morgan fingerprint density at radius 3 is 0.763 bits per heavy atom. The Labute approximate surface area is 568 Å². The molecule has 3 N–H and O–H groups in total. The molecule has 0 aliphatic heterocycles. The van der Waals surface area contributed by atoms with Crippen LogP contribution in [0.25, 0.3) is 0 Å². The maximum atomic E-state index is 13.1. The van der Waals surface area contributed by atoms with Gasteiger partial charge < -0.3 is 33.8 Å². The summed E-state index contributed by atoms with van der Waals surface area (Å²) in [6.07, 6.45) is 53.1. The average Bonchev–Trinajstić information content (AvgIpc) is 2.82. The third-order valence-electron chi connectivity index (χ3n) is 17.9. The van der Waals surface area contributed by atoms with Gasteiger partial charge in [-0.1, -0.05) is 330 Å². The lowest BCUT2D eigenvalue weighted by atomic mass is 9.99. The van der Waals surface area contributed by atoms with Gasteiger partial charge in [-0.3, -0.25) is 37.3 Å². The monoisotopic (exact) mass is 1370 g/mol. The van der Waals surface area contributed by atoms with Crippen LogP contribution in [0, 0.1) is 11.8 Å². The number of aliphatic hydroxyl groups is 1. The molecule has 4 unspecified atom stereocenters. The number of hydrogen-bond donors (Lipinski definition) is 3. The molecule has 0 aliphatic carbocycles. The Balaban J connectivity index is 5.15. The molecule has 0 saturated heterocycles. The van der Waals surface area contributed by atoms with Gasteiger partial charge in [-0.05, 0) is 37.5 Å². The molecule has 0 fully saturated rings. The Hall–Kier alpha value is -1.94. The van der Waals surface area contributed by atoms with Crippen LogP contribution in [0.15, 0.2) is 0 Å². The SMILES string of the molecule is CCCCCCCCCCCCCCCCCCCCC(=O)OC[C@H](COP(=O)(O)OC[C@@H](O)COP(=O)(O)OC[C@@H](COC(=O)CCCCCCC)OC(=O)CCCCCCCCCCC(C)CC)OC(=O)CCCCCCCCCCCCCCCCC(C)CC. The Morgan fingerprint density at radius 1 is 0.301 bits per heavy atom. The molecule has 0 heterocycles. The van der Waals surface area contributed by atoms with Gasteiger partial charge in [0, 0.05) is 25.7 Å². The van der Waals surface area contributed by atoms with Crippen LogP contribution < -0.4 is 0 Å². The van der Waals surface area contributed by atoms with Crippen LogP contribution in [-0.4, -0.2) is 96.7 Å². The highest BCUT2D eigenvalue weighted by Gasteiger charge is 2.30. The second kappa shape index (κ2) is 66.0. The Kier molecular flexibility index (Phi) is 64.6. The highest BCUT2D eigenvalue weighted by atomic mass is 31.2. The van der Waals surface area contributed by atoms with Gasteiger partial charge in [-0.15, -0.1) is 0 Å². The number of phosphoric acid groups is 2. The van der Waals surface area contributed by atoms with E-state index < -0.39 is 97.5 Å². The summed E-state index contributed by atoms with van der Waals surface area (Å²) >= 11 is 0. The molecular formula is C74H144O17P2. The number of aliphatic hydroxyl groups excluding tert-OH is 1. The van der Waals surface area contributed by atoms with Crippen molar-refractivity contribution in [2.45, 2.75) is 400 Å². The second-order valence-corrected chi connectivity index (χ2v) is 30.1. The van der Waals surface area contributed by atoms with Crippen molar-refractivity contribution in [1.29, 1.82) is 0 Å². The van der Waals surface area contributed by atoms with Gasteiger partial charge in [0.05, 0.1) is 26.4 Å². The third kappa shape index (κ3) is 65.8. The summed E-state index contributed by atoms with van der Waals surface area (Å²) < 4.78 is 68.2. The molecule has 19 heteroatoms. The molecule has 0 saturated carbocycles. The van der Waals surface area contributed by atoms with Crippen LogP contribution in [0.1, 0.15) is 382 Å². The Morgan fingerprint density at radius 2 is 0.516 bits per heavy atom. The van der Waals surface area contributed by atoms with Crippen LogP contribution >= 0.6 is 15.6 Å². The molecular weight excluding hydrogens is 1220 g/mol. The first-order valence-corrected chi connectivity index (χ1v) is 41.6. The first kappa shape index (κ1) is 91.1. The molecule has 17 nitrogen and oxygen atoms in total. The minimum Gasteiger partial charge on any atom is -0.462 e. The van der Waals surface area contributed by atoms with Crippen molar-refractivity contribution in [2.75, 3.05) is 39.6 Å². The summed E-state index contributed by atoms with van der Waals surface area (Å²) in [5.74, 6) is -0.515. The summed E-state index contributed by atoms with van der Waals surface area (Å²) in [7, 11) is -9.90. The summed E-state index contributed by atoms with van der Waals surface area (Å²) in [5, 5.41) is 10.6. The van der Waals surface area contributed by atoms with Gasteiger partial charge in [0.1, 0.15) is 19.3 Å². The van der Waals surface area contributed by atoms with Gasteiger partial charge in [0.2, 0.25) is 0 Å². The van der Waals surface area contributed by atoms with E-state index >= 15 is 0 Å². The predicted octanol–water partition coefficient (Wildman–Crippen LogP) is 21.6. The molecule has 0 bridgehead atoms. The van der Waals surface area contributed by atoms with E-state index in [2.05, 4.69) is 41.5 Å². The lowest BCUT2D eigenvalue weighted by Crippen LogP contribution is -2.30. The molecule has 0 aromatic heterocycles. The van der Waals surface area contributed by atoms with Crippen LogP contribution in [-0.2, 0) is 65.4 Å². The molecule has 7 atom stereocenters. The fourth-order valence-electron chi connectivity index (χ4n) is 11.2. The van der Waals surface area contributed by atoms with Crippen LogP contribution in [0.5, 0.6) is 0 Å². The van der Waals surface area contributed by atoms with Crippen molar-refractivity contribution in [1.82, 2.24) is 0 Å². The summed E-state index contributed by atoms with van der Waals surface area (Å²) in [6.45, 7) is 9.54. The number of ether oxygens (including phenoxy) is 4. The molecule has 552 valence electrons. The number of unbranched alkanes of at least 4 members (excludes halogenated alkanes) is 41. The van der Waals surface area contributed by atoms with Gasteiger partial charge in [0.15, 0.2) is 12.2 Å². The zero-order valence-electron chi connectivity index (χ0n) is 60.6. The number of hydrogen-bond acceptors (Lipinski definition) is 15. The smallest absolute Gasteiger partial charge is 0.462 e. The van der Waals surface area contributed by atoms with E-state index in [9.17, 15) is 43.2 Å². The quantitative estimate of drug-likeness (QED) is 0.0222. The molecule has 0 aromatic carbocycles. The maximum absolute atomic E-state index is 13.1. The zero-order valence-corrected chi connectivity index (χ0v) is 62.3. The number of rotatable bonds is 73. The molecule has 93 heavy (non-hydrogen) atoms. The van der Waals surface area contributed by atoms with E-state index in [-0.39, 0.29) is 25.7 Å². The largest absolute Gasteiger partial charge is 0.472 e. The van der Waals surface area contributed by atoms with Gasteiger partial charge in [-0.25, -0.2) is 9.13 Å². The minimum atomic E-state index is -4.95. The van der Waals surface area contributed by atoms with E-state index in [0.717, 1.165) is 108 Å². The Bertz CT molecular complexity index is 1810. The van der Waals surface area contributed by atoms with Crippen molar-refractivity contribution in [3.05, 3.63) is 0 Å². The fraction of sp³-hybridized carbons (Fsp3) is 0.946. The number of phosphoric ester groups is 2. The fourth-order valence-corrected chi connectivity index (χ4v) is 12.8. The van der Waals surface area contributed by atoms with Crippen LogP contribution in [0.2, 0.25) is 0 Å². The lowest BCUT2D eigenvalue weighted by Gasteiger charge is -2.21. The molecule has 0 amide bonds. The topological polar surface area (TPSA) is 237 Å². The molecule has 0 rings (SSSR count). The third-order valence-corrected chi connectivity index (χ3v) is 19.8. The standard InChI is InChI=1S/C74H144O17P2/c1-7-11-13-15-16-17-18-19-20-21-22-23-27-30-33-39-45-51-57-72(77)85-63-70(91-73(78)58-52-46-40-34-31-28-25-24-26-29-32-37-43-48-54-66(5)9-3)65-89-93(82,83)87-61-68(75)60-86-92(80,81)88-64-69(62-84-71(76)56-50-42-14-12-8-2)90-74(79)59-53-47-41-36-35-38-44-49-55-67(6)10-4/h66-70,75H,7-65H2,1-6H3,(H,80,81)(H,82,83)/t66?,67?,68-,69+,70+/m0/s1. The van der Waals surface area contributed by atoms with E-state index in [1.165, 1.54) is 193 Å². The summed E-state index contributed by atoms with van der Waals surface area (Å²) in [5.41, 5.74) is 0. The molecule has 0 spiro atoms. The van der Waals surface area contributed by atoms with Gasteiger partial charge in [0.25, 0.3) is 0 Å². The summed E-state index contributed by atoms with van der Waals surface area (Å²) in [4.78, 5) is 72.4. The normalized spacial score (nSPS) is 14.6. The number of esters is 4. The van der Waals surface area contributed by atoms with Crippen LogP contribution in [0.3, 0.4) is 0 Å². The van der Waals surface area contributed by atoms with Crippen molar-refractivity contribution in [3.8, 4) is 0 Å². The molecule has 0 aliphatic rings. The van der Waals surface area contributed by atoms with Crippen molar-refractivity contribution >= 4 is 39.5 Å². The number of carbonyl (C=O) groups excluding carboxylic acids is 4. The predicted molar refractivity (Wildman–Crippen MR) is 377 cm³/mol. The zero-order chi connectivity index (χ0) is 68.6. The highest BCUT2D eigenvalue weighted by Crippen LogP contribution is 2.45. The van der Waals surface area contributed by atoms with Crippen molar-refractivity contribution in [3.63, 3.8) is 0 Å². The lowest BCUT2D eigenvalue weighted by molar-refractivity contribution is -0.161. The van der Waals surface area contributed by atoms with E-state index in [0.29, 0.717) is 25.7 Å². The van der Waals surface area contributed by atoms with Crippen LogP contribution in [0.4, 0.5) is 0 Å². The number of carbonyl (C=O) groups is 4. The first-order valence-electron chi connectivity index (χ1n) is 38.6. The average molecular weight is 1370 g/mol. The van der Waals surface area contributed by atoms with Crippen molar-refractivity contribution < 1.29 is 80.2 Å². The molecule has 0 aromatic rings. The minimum absolute atomic E-state index is 0.104. The van der Waals surface area contributed by atoms with E-state index in [4.69, 9.17) is 37.0 Å². The second-order valence-electron chi connectivity index (χ2n) is 27.2. The van der Waals surface area contributed by atoms with Crippen molar-refractivity contribution in [2.24, 2.45) is 11.8 Å². The van der Waals surface area contributed by atoms with E-state index in [1.54, 1.807) is 0 Å². The van der Waals surface area contributed by atoms with Gasteiger partial charge in [-0.2, -0.15) is 0 Å². The maximum Gasteiger partial charge on any atom is 0.472 e. The first-order chi connectivity index (χ1) is 44.9. The summed E-state index contributed by atoms with van der Waals surface area (Å²) in [6, 6.07) is 0. The van der Waals surface area contributed by atoms with E-state index in [1.807, 2.05) is 0 Å².